The van der Waals surface area contributed by atoms with E-state index in [-0.39, 0.29) is 167 Å². The van der Waals surface area contributed by atoms with E-state index < -0.39 is 78.3 Å². The van der Waals surface area contributed by atoms with Crippen molar-refractivity contribution in [3.8, 4) is 11.3 Å². The molecule has 26 nitrogen and oxygen atoms in total. The normalized spacial score (nSPS) is 33.0. The number of alkyl carbamates (subject to hydrolysis) is 1. The van der Waals surface area contributed by atoms with Crippen molar-refractivity contribution in [3.05, 3.63) is 72.7 Å². The molecule has 28 heteroatoms. The molecule has 13 rings (SSSR count). The molecule has 0 aliphatic carbocycles. The average molecular weight is 1570 g/mol. The molecule has 557 valence electrons. The molecule has 2 aromatic heterocycles. The van der Waals surface area contributed by atoms with Crippen LogP contribution in [0.5, 0.6) is 0 Å². The van der Waals surface area contributed by atoms with Crippen LogP contribution in [0.15, 0.2) is 72.3 Å². The number of methoxy groups -OCH3 is 1. The first-order valence-corrected chi connectivity index (χ1v) is 36.9. The summed E-state index contributed by atoms with van der Waals surface area (Å²) in [5.74, 6) is -2.45. The smallest absolute Gasteiger partial charge is 0.407 e. The van der Waals surface area contributed by atoms with Gasteiger partial charge in [-0.25, -0.2) is 4.79 Å². The number of hydrogen-bond acceptors (Lipinski definition) is 22. The second kappa shape index (κ2) is 35.2. The monoisotopic (exact) mass is 1570 g/mol. The van der Waals surface area contributed by atoms with Crippen LogP contribution in [0, 0.1) is 56.4 Å². The molecular formula is C73H103N10O16STb-. The average Bonchev–Trinajstić information content (AvgIpc) is 1.55. The fourth-order valence-corrected chi connectivity index (χ4v) is 16.5. The Morgan fingerprint density at radius 1 is 0.802 bits per heavy atom. The van der Waals surface area contributed by atoms with E-state index in [2.05, 4.69) is 66.5 Å². The molecule has 10 saturated heterocycles. The summed E-state index contributed by atoms with van der Waals surface area (Å²) in [6, 6.07) is 5.05. The molecular weight excluding hydrogens is 1460 g/mol. The number of carbonyl (C=O) groups excluding carboxylic acids is 5. The number of carbonyl (C=O) groups is 5. The number of ether oxygens (including phenoxy) is 10. The fraction of sp³-hybridized carbons (Fsp3) is 0.712. The standard InChI is InChI=1S/C73H104N10O16S.Tb/c1-40(2)62(79-61(86)15-10-9-12-27-83-38-54(80-81-83)45-35-74-71(100)75-36-45)70(88)78-53(14-11-13-26-82(6)7)69(87)77-46-18-16-44(17-19-46)39-91-72(89)76-37-48(85)32-59-63(90-8)52-31-47(84)30-50-21-23-56-64(94-50)68-67-66(96-56)65-60(97-67)34-73(98-65,99-68)25-24-51-29-42(4)55(92-51)22-20-49-28-41(3)43(5)57(93-49)33-58(52)95-59;/h16-19,35-36,38,40-41,48-53,55-60,62-68,85H,4-5,9-15,20-34,37,39H2,1-3,6-8H3,(H,76,89)(H,77,87)(H,78,88)(H,79,86)(H,74,75,100);/p-1/t41-,48+,49+,50-,51+,52+,53+,55?,56+,57-,58+,59-,60?,62+,63-,64+,65+,66+,67-,68+,73+;/m1./s1. The third-order valence-corrected chi connectivity index (χ3v) is 22.0. The number of aromatic nitrogens is 5. The molecule has 10 fully saturated rings. The second-order valence-corrected chi connectivity index (χ2v) is 30.3. The van der Waals surface area contributed by atoms with Crippen molar-refractivity contribution in [2.45, 2.75) is 283 Å². The summed E-state index contributed by atoms with van der Waals surface area (Å²) >= 11 is 4.97. The van der Waals surface area contributed by atoms with Crippen molar-refractivity contribution < 1.29 is 115 Å². The van der Waals surface area contributed by atoms with Crippen LogP contribution in [0.25, 0.3) is 11.3 Å². The van der Waals surface area contributed by atoms with E-state index in [1.165, 1.54) is 0 Å². The Bertz CT molecular complexity index is 3340. The third-order valence-electron chi connectivity index (χ3n) is 21.8. The molecule has 10 aliphatic rings. The number of hydrogen-bond donors (Lipinski definition) is 5. The number of rotatable bonds is 25. The summed E-state index contributed by atoms with van der Waals surface area (Å²) in [7, 11) is 5.55. The Labute approximate surface area is 628 Å². The number of Topliss-reactive ketones (excluding diaryl/α,β-unsaturated/α-hetero) is 1. The molecule has 10 aliphatic heterocycles. The van der Waals surface area contributed by atoms with Crippen LogP contribution in [0.2, 0.25) is 0 Å². The zero-order valence-electron chi connectivity index (χ0n) is 59.0. The van der Waals surface area contributed by atoms with Crippen LogP contribution in [-0.4, -0.2) is 214 Å². The molecule has 12 heterocycles. The van der Waals surface area contributed by atoms with Gasteiger partial charge in [-0.2, -0.15) is 0 Å². The summed E-state index contributed by atoms with van der Waals surface area (Å²) in [4.78, 5) is 79.1. The molecule has 101 heavy (non-hydrogen) atoms. The minimum atomic E-state index is -1.08. The molecule has 3 aromatic rings. The van der Waals surface area contributed by atoms with Crippen molar-refractivity contribution in [3.63, 3.8) is 0 Å². The van der Waals surface area contributed by atoms with Gasteiger partial charge in [0.1, 0.15) is 60.7 Å². The Morgan fingerprint density at radius 3 is 2.32 bits per heavy atom. The van der Waals surface area contributed by atoms with E-state index in [0.29, 0.717) is 74.9 Å². The maximum Gasteiger partial charge on any atom is 0.407 e. The first-order chi connectivity index (χ1) is 48.1. The molecule has 1 aromatic carbocycles. The molecule has 1 radical (unpaired) electrons. The Morgan fingerprint density at radius 2 is 1.54 bits per heavy atom. The number of amides is 4. The summed E-state index contributed by atoms with van der Waals surface area (Å²) < 4.78 is 68.3. The minimum absolute atomic E-state index is 0. The van der Waals surface area contributed by atoms with E-state index in [0.717, 1.165) is 74.6 Å². The van der Waals surface area contributed by atoms with Gasteiger partial charge in [0.15, 0.2) is 5.79 Å². The van der Waals surface area contributed by atoms with E-state index in [1.54, 1.807) is 48.5 Å². The van der Waals surface area contributed by atoms with Gasteiger partial charge in [0, 0.05) is 138 Å². The Balaban J connectivity index is 0.0000103. The molecule has 5 N–H and O–H groups in total. The maximum absolute atomic E-state index is 14.6. The predicted molar refractivity (Wildman–Crippen MR) is 367 cm³/mol. The molecule has 2 unspecified atom stereocenters. The van der Waals surface area contributed by atoms with Gasteiger partial charge >= 0.3 is 6.09 Å². The summed E-state index contributed by atoms with van der Waals surface area (Å²) in [5, 5.41) is 31.7. The van der Waals surface area contributed by atoms with Crippen molar-refractivity contribution in [2.75, 3.05) is 39.6 Å². The minimum Gasteiger partial charge on any atom is -0.740 e. The van der Waals surface area contributed by atoms with Gasteiger partial charge < -0.3 is 91.3 Å². The number of anilines is 1. The number of aliphatic hydroxyl groups excluding tert-OH is 1. The maximum atomic E-state index is 14.6. The van der Waals surface area contributed by atoms with Gasteiger partial charge in [0.25, 0.3) is 0 Å². The summed E-state index contributed by atoms with van der Waals surface area (Å²) in [6.07, 6.45) is 10.1. The van der Waals surface area contributed by atoms with Crippen molar-refractivity contribution >= 4 is 47.9 Å². The van der Waals surface area contributed by atoms with E-state index >= 15 is 0 Å². The van der Waals surface area contributed by atoms with Crippen molar-refractivity contribution in [2.24, 2.45) is 17.8 Å². The number of unbranched alkanes of at least 4 members (excludes halogenated alkanes) is 3. The van der Waals surface area contributed by atoms with Crippen molar-refractivity contribution in [1.29, 1.82) is 0 Å². The number of fused-ring (bicyclic) bond motifs is 6. The number of nitrogens with one attached hydrogen (secondary N) is 4. The van der Waals surface area contributed by atoms with Gasteiger partial charge in [-0.15, -0.1) is 5.10 Å². The van der Waals surface area contributed by atoms with Crippen molar-refractivity contribution in [1.82, 2.24) is 45.8 Å². The zero-order chi connectivity index (χ0) is 70.4. The number of aryl methyl sites for hydroxylation is 1. The molecule has 1 spiro atoms. The number of ketones is 1. The van der Waals surface area contributed by atoms with Gasteiger partial charge in [-0.05, 0) is 138 Å². The molecule has 4 amide bonds. The van der Waals surface area contributed by atoms with Gasteiger partial charge in [0.2, 0.25) is 17.7 Å². The Hall–Kier alpha value is -4.66. The van der Waals surface area contributed by atoms with Crippen LogP contribution in [0.1, 0.15) is 155 Å². The van der Waals surface area contributed by atoms with Gasteiger partial charge in [0.05, 0.1) is 73.3 Å². The molecule has 21 atom stereocenters. The van der Waals surface area contributed by atoms with Crippen LogP contribution in [0.4, 0.5) is 10.5 Å². The quantitative estimate of drug-likeness (QED) is 0.0249. The van der Waals surface area contributed by atoms with Gasteiger partial charge in [-0.1, -0.05) is 57.7 Å². The SMILES string of the molecule is C=C1C[C@@H]2CC[C@@]34CC5O[C@H]6[C@@H](O3)[C@H]3O[C@H](CC[C@@H]3O[C@H]6[C@H]5O4)CC(=O)C[C@@H]3[C@@H](OC)[C@@H](C[C@H](O)CNC(=O)OCc4ccc(NC(=O)[C@H](CCCCN(C)C)NC(=O)[C@@H](NC(=O)CCCCCn5cc(-c6cnc([S-])nc6)nn5)C(C)C)cc4)O[C@H]3C[C@H]3O[C@@H](CCC1O2)C[C@@H](C)C3=C.[Tb]. The van der Waals surface area contributed by atoms with Gasteiger partial charge in [-0.3, -0.25) is 33.8 Å². The summed E-state index contributed by atoms with van der Waals surface area (Å²) in [5.41, 5.74) is 4.52. The number of aliphatic hydroxyl groups is 1. The van der Waals surface area contributed by atoms with E-state index in [1.807, 2.05) is 34.1 Å². The van der Waals surface area contributed by atoms with Crippen LogP contribution < -0.4 is 21.3 Å². The second-order valence-electron chi connectivity index (χ2n) is 29.9. The molecule has 0 saturated carbocycles. The fourth-order valence-electron chi connectivity index (χ4n) is 16.4. The van der Waals surface area contributed by atoms with Crippen LogP contribution in [-0.2, 0) is 92.3 Å². The zero-order valence-corrected chi connectivity index (χ0v) is 62.0. The van der Waals surface area contributed by atoms with E-state index in [9.17, 15) is 29.1 Å². The summed E-state index contributed by atoms with van der Waals surface area (Å²) in [6.45, 7) is 16.0. The predicted octanol–water partition coefficient (Wildman–Crippen LogP) is 6.92. The van der Waals surface area contributed by atoms with Crippen LogP contribution >= 0.6 is 0 Å². The Kier molecular flexibility index (Phi) is 27.0. The third kappa shape index (κ3) is 19.5. The first kappa shape index (κ1) is 77.4. The van der Waals surface area contributed by atoms with E-state index in [4.69, 9.17) is 60.0 Å². The molecule has 12 bridgehead atoms. The number of nitrogens with zero attached hydrogens (tertiary/aromatic N) is 6. The largest absolute Gasteiger partial charge is 0.740 e. The topological polar surface area (TPSA) is 306 Å². The number of benzene rings is 1. The first-order valence-electron chi connectivity index (χ1n) is 36.4. The van der Waals surface area contributed by atoms with Crippen LogP contribution in [0.3, 0.4) is 0 Å².